The van der Waals surface area contributed by atoms with Crippen molar-refractivity contribution in [2.75, 3.05) is 23.7 Å². The highest BCUT2D eigenvalue weighted by Gasteiger charge is 2.29. The highest BCUT2D eigenvalue weighted by molar-refractivity contribution is 7.92. The molecule has 8 heteroatoms. The fraction of sp³-hybridized carbons (Fsp3) is 0.517. The molecule has 1 atom stereocenters. The molecule has 0 spiro atoms. The van der Waals surface area contributed by atoms with E-state index in [0.29, 0.717) is 31.6 Å². The number of rotatable bonds is 14. The van der Waals surface area contributed by atoms with Crippen molar-refractivity contribution in [1.82, 2.24) is 10.2 Å². The molecule has 0 heterocycles. The molecule has 0 aliphatic heterocycles. The molecule has 1 N–H and O–H groups in total. The summed E-state index contributed by atoms with van der Waals surface area (Å²) in [7, 11) is -3.53. The molecule has 0 fully saturated rings. The normalized spacial score (nSPS) is 12.2. The Labute approximate surface area is 223 Å². The van der Waals surface area contributed by atoms with Crippen molar-refractivity contribution < 1.29 is 18.0 Å². The molecule has 2 aromatic rings. The van der Waals surface area contributed by atoms with Crippen LogP contribution in [0.25, 0.3) is 0 Å². The molecule has 0 aliphatic carbocycles. The Bertz CT molecular complexity index is 1140. The maximum atomic E-state index is 13.5. The van der Waals surface area contributed by atoms with Gasteiger partial charge in [0.25, 0.3) is 0 Å². The first-order chi connectivity index (χ1) is 17.5. The number of benzene rings is 2. The maximum absolute atomic E-state index is 13.5. The summed E-state index contributed by atoms with van der Waals surface area (Å²) >= 11 is 0. The van der Waals surface area contributed by atoms with Crippen LogP contribution in [0.1, 0.15) is 68.2 Å². The Morgan fingerprint density at radius 1 is 0.973 bits per heavy atom. The lowest BCUT2D eigenvalue weighted by molar-refractivity contribution is -0.141. The van der Waals surface area contributed by atoms with Crippen molar-refractivity contribution in [3.63, 3.8) is 0 Å². The van der Waals surface area contributed by atoms with E-state index in [1.165, 1.54) is 10.6 Å². The number of hydrogen-bond donors (Lipinski definition) is 1. The van der Waals surface area contributed by atoms with Crippen LogP contribution in [0.4, 0.5) is 5.69 Å². The molecule has 2 aromatic carbocycles. The van der Waals surface area contributed by atoms with E-state index in [1.807, 2.05) is 70.2 Å². The van der Waals surface area contributed by atoms with Crippen LogP contribution < -0.4 is 9.62 Å². The van der Waals surface area contributed by atoms with Crippen LogP contribution in [0.5, 0.6) is 0 Å². The Morgan fingerprint density at radius 2 is 1.62 bits per heavy atom. The van der Waals surface area contributed by atoms with E-state index < -0.39 is 16.1 Å². The number of carbonyl (C=O) groups excluding carboxylic acids is 2. The molecule has 2 rings (SSSR count). The molecule has 0 saturated carbocycles. The number of carbonyl (C=O) groups is 2. The molecule has 7 nitrogen and oxygen atoms in total. The van der Waals surface area contributed by atoms with Crippen LogP contribution >= 0.6 is 0 Å². The van der Waals surface area contributed by atoms with Gasteiger partial charge in [0, 0.05) is 26.1 Å². The number of nitrogens with zero attached hydrogens (tertiary/aromatic N) is 2. The lowest BCUT2D eigenvalue weighted by atomic mass is 10.0. The van der Waals surface area contributed by atoms with Crippen LogP contribution in [0.2, 0.25) is 0 Å². The summed E-state index contributed by atoms with van der Waals surface area (Å²) in [6.45, 7) is 10.9. The van der Waals surface area contributed by atoms with Crippen LogP contribution in [0.15, 0.2) is 42.5 Å². The Morgan fingerprint density at radius 3 is 2.19 bits per heavy atom. The molecule has 0 aromatic heterocycles. The van der Waals surface area contributed by atoms with E-state index in [0.717, 1.165) is 35.1 Å². The van der Waals surface area contributed by atoms with Gasteiger partial charge in [-0.2, -0.15) is 0 Å². The zero-order valence-electron chi connectivity index (χ0n) is 23.2. The minimum absolute atomic E-state index is 0.140. The van der Waals surface area contributed by atoms with Crippen LogP contribution in [0, 0.1) is 20.8 Å². The molecule has 0 saturated heterocycles. The van der Waals surface area contributed by atoms with Gasteiger partial charge in [0.15, 0.2) is 0 Å². The standard InChI is InChI=1S/C29H43N3O4S/c1-7-9-16-30-29(34)27(8-2)31(21-25-14-11-10-13-24(25)5)28(33)15-12-17-32(37(6,35)36)26-19-22(3)18-23(4)20-26/h10-11,13-14,18-20,27H,7-9,12,15-17,21H2,1-6H3,(H,30,34). The van der Waals surface area contributed by atoms with Crippen LogP contribution in [-0.4, -0.2) is 50.5 Å². The lowest BCUT2D eigenvalue weighted by Gasteiger charge is -2.31. The fourth-order valence-electron chi connectivity index (χ4n) is 4.50. The smallest absolute Gasteiger partial charge is 0.242 e. The minimum Gasteiger partial charge on any atom is -0.354 e. The second kappa shape index (κ2) is 14.2. The highest BCUT2D eigenvalue weighted by atomic mass is 32.2. The highest BCUT2D eigenvalue weighted by Crippen LogP contribution is 2.23. The largest absolute Gasteiger partial charge is 0.354 e. The van der Waals surface area contributed by atoms with Gasteiger partial charge in [0.05, 0.1) is 11.9 Å². The van der Waals surface area contributed by atoms with E-state index in [-0.39, 0.29) is 24.8 Å². The average Bonchev–Trinajstić information content (AvgIpc) is 2.81. The third-order valence-electron chi connectivity index (χ3n) is 6.46. The lowest BCUT2D eigenvalue weighted by Crippen LogP contribution is -2.49. The van der Waals surface area contributed by atoms with Crippen molar-refractivity contribution in [2.45, 2.75) is 79.3 Å². The molecule has 37 heavy (non-hydrogen) atoms. The van der Waals surface area contributed by atoms with Gasteiger partial charge in [-0.15, -0.1) is 0 Å². The third-order valence-corrected chi connectivity index (χ3v) is 7.66. The quantitative estimate of drug-likeness (QED) is 0.353. The van der Waals surface area contributed by atoms with E-state index in [1.54, 1.807) is 4.90 Å². The average molecular weight is 530 g/mol. The summed E-state index contributed by atoms with van der Waals surface area (Å²) in [5.74, 6) is -0.305. The molecule has 204 valence electrons. The van der Waals surface area contributed by atoms with Crippen molar-refractivity contribution in [3.05, 3.63) is 64.7 Å². The van der Waals surface area contributed by atoms with Gasteiger partial charge in [0.2, 0.25) is 21.8 Å². The predicted molar refractivity (Wildman–Crippen MR) is 151 cm³/mol. The topological polar surface area (TPSA) is 86.8 Å². The molecular weight excluding hydrogens is 486 g/mol. The number of amides is 2. The van der Waals surface area contributed by atoms with E-state index in [9.17, 15) is 18.0 Å². The van der Waals surface area contributed by atoms with Gasteiger partial charge in [-0.25, -0.2) is 8.42 Å². The second-order valence-corrected chi connectivity index (χ2v) is 11.7. The number of aryl methyl sites for hydroxylation is 3. The Hall–Kier alpha value is -2.87. The van der Waals surface area contributed by atoms with Gasteiger partial charge < -0.3 is 10.2 Å². The van der Waals surface area contributed by atoms with Gasteiger partial charge in [-0.1, -0.05) is 50.6 Å². The SMILES string of the molecule is CCCCNC(=O)C(CC)N(Cc1ccccc1C)C(=O)CCCN(c1cc(C)cc(C)c1)S(C)(=O)=O. The van der Waals surface area contributed by atoms with E-state index in [4.69, 9.17) is 0 Å². The minimum atomic E-state index is -3.53. The summed E-state index contributed by atoms with van der Waals surface area (Å²) in [4.78, 5) is 28.2. The first kappa shape index (κ1) is 30.4. The number of sulfonamides is 1. The second-order valence-electron chi connectivity index (χ2n) is 9.80. The van der Waals surface area contributed by atoms with Crippen molar-refractivity contribution in [1.29, 1.82) is 0 Å². The number of hydrogen-bond acceptors (Lipinski definition) is 4. The fourth-order valence-corrected chi connectivity index (χ4v) is 5.44. The monoisotopic (exact) mass is 529 g/mol. The number of anilines is 1. The maximum Gasteiger partial charge on any atom is 0.242 e. The molecule has 1 unspecified atom stereocenters. The van der Waals surface area contributed by atoms with Crippen LogP contribution in [0.3, 0.4) is 0 Å². The van der Waals surface area contributed by atoms with E-state index in [2.05, 4.69) is 12.2 Å². The Balaban J connectivity index is 2.23. The van der Waals surface area contributed by atoms with E-state index >= 15 is 0 Å². The molecular formula is C29H43N3O4S. The summed E-state index contributed by atoms with van der Waals surface area (Å²) in [6.07, 6.45) is 4.02. The zero-order chi connectivity index (χ0) is 27.6. The first-order valence-electron chi connectivity index (χ1n) is 13.2. The summed E-state index contributed by atoms with van der Waals surface area (Å²) in [5, 5.41) is 2.98. The van der Waals surface area contributed by atoms with Crippen LogP contribution in [-0.2, 0) is 26.2 Å². The molecule has 0 radical (unpaired) electrons. The molecule has 2 amide bonds. The van der Waals surface area contributed by atoms with Crippen molar-refractivity contribution in [3.8, 4) is 0 Å². The Kier molecular flexibility index (Phi) is 11.6. The summed E-state index contributed by atoms with van der Waals surface area (Å²) in [5.41, 5.74) is 4.60. The van der Waals surface area contributed by atoms with Gasteiger partial charge in [-0.3, -0.25) is 13.9 Å². The van der Waals surface area contributed by atoms with Gasteiger partial charge in [0.1, 0.15) is 6.04 Å². The first-order valence-corrected chi connectivity index (χ1v) is 15.0. The van der Waals surface area contributed by atoms with Gasteiger partial charge in [-0.05, 0) is 74.4 Å². The third kappa shape index (κ3) is 9.18. The van der Waals surface area contributed by atoms with Gasteiger partial charge >= 0.3 is 0 Å². The predicted octanol–water partition coefficient (Wildman–Crippen LogP) is 4.88. The zero-order valence-corrected chi connectivity index (χ0v) is 24.0. The number of unbranched alkanes of at least 4 members (excludes halogenated alkanes) is 1. The summed E-state index contributed by atoms with van der Waals surface area (Å²) in [6, 6.07) is 12.9. The molecule has 0 aliphatic rings. The summed E-state index contributed by atoms with van der Waals surface area (Å²) < 4.78 is 26.5. The van der Waals surface area contributed by atoms with Crippen molar-refractivity contribution in [2.24, 2.45) is 0 Å². The van der Waals surface area contributed by atoms with Crippen molar-refractivity contribution >= 4 is 27.5 Å². The molecule has 0 bridgehead atoms. The number of nitrogens with one attached hydrogen (secondary N) is 1.